The van der Waals surface area contributed by atoms with Gasteiger partial charge >= 0.3 is 0 Å². The molecule has 2 heterocycles. The third-order valence-corrected chi connectivity index (χ3v) is 5.17. The largest absolute Gasteiger partial charge is 0.353 e. The Bertz CT molecular complexity index is 790. The van der Waals surface area contributed by atoms with Gasteiger partial charge in [0.05, 0.1) is 17.9 Å². The summed E-state index contributed by atoms with van der Waals surface area (Å²) >= 11 is 0. The molecule has 0 atom stereocenters. The van der Waals surface area contributed by atoms with E-state index in [1.54, 1.807) is 4.90 Å². The molecule has 0 bridgehead atoms. The fraction of sp³-hybridized carbons (Fsp3) is 0.400. The normalized spacial score (nSPS) is 16.4. The number of benzene rings is 1. The number of hydrogen-bond donors (Lipinski definition) is 1. The van der Waals surface area contributed by atoms with Gasteiger partial charge in [0, 0.05) is 30.8 Å². The Morgan fingerprint density at radius 3 is 2.56 bits per heavy atom. The van der Waals surface area contributed by atoms with Gasteiger partial charge in [0.15, 0.2) is 0 Å². The first-order chi connectivity index (χ1) is 12.2. The number of fused-ring (bicyclic) bond motifs is 3. The van der Waals surface area contributed by atoms with Crippen molar-refractivity contribution in [1.82, 2.24) is 9.88 Å². The molecule has 1 fully saturated rings. The van der Waals surface area contributed by atoms with Crippen molar-refractivity contribution in [2.45, 2.75) is 51.1 Å². The number of aromatic nitrogens is 1. The van der Waals surface area contributed by atoms with Crippen molar-refractivity contribution in [3.63, 3.8) is 0 Å². The van der Waals surface area contributed by atoms with Crippen LogP contribution in [0.1, 0.15) is 44.2 Å². The summed E-state index contributed by atoms with van der Waals surface area (Å²) in [5.41, 5.74) is 3.01. The van der Waals surface area contributed by atoms with Gasteiger partial charge < -0.3 is 14.8 Å². The molecule has 5 heteroatoms. The molecule has 0 unspecified atom stereocenters. The highest BCUT2D eigenvalue weighted by Gasteiger charge is 2.26. The van der Waals surface area contributed by atoms with E-state index in [-0.39, 0.29) is 24.7 Å². The molecule has 1 aliphatic carbocycles. The van der Waals surface area contributed by atoms with E-state index < -0.39 is 0 Å². The fourth-order valence-corrected chi connectivity index (χ4v) is 3.87. The molecule has 1 N–H and O–H groups in total. The van der Waals surface area contributed by atoms with E-state index in [0.717, 1.165) is 29.9 Å². The number of anilines is 1. The molecule has 0 saturated heterocycles. The summed E-state index contributed by atoms with van der Waals surface area (Å²) in [6.07, 6.45) is 7.03. The van der Waals surface area contributed by atoms with Gasteiger partial charge in [0.25, 0.3) is 0 Å². The molecule has 2 aliphatic rings. The first-order valence-corrected chi connectivity index (χ1v) is 9.08. The Morgan fingerprint density at radius 1 is 1.00 bits per heavy atom. The van der Waals surface area contributed by atoms with Gasteiger partial charge in [-0.1, -0.05) is 25.0 Å². The summed E-state index contributed by atoms with van der Waals surface area (Å²) in [4.78, 5) is 26.7. The summed E-state index contributed by atoms with van der Waals surface area (Å²) in [7, 11) is 0. The minimum Gasteiger partial charge on any atom is -0.353 e. The maximum Gasteiger partial charge on any atom is 0.227 e. The van der Waals surface area contributed by atoms with Crippen LogP contribution in [-0.4, -0.2) is 22.4 Å². The van der Waals surface area contributed by atoms with Crippen LogP contribution >= 0.6 is 0 Å². The minimum absolute atomic E-state index is 0.00136. The summed E-state index contributed by atoms with van der Waals surface area (Å²) in [6.45, 7) is 0.549. The van der Waals surface area contributed by atoms with Crippen molar-refractivity contribution in [3.8, 4) is 5.69 Å². The number of nitrogens with zero attached hydrogens (tertiary/aromatic N) is 2. The molecular weight excluding hydrogens is 314 g/mol. The van der Waals surface area contributed by atoms with Crippen LogP contribution in [0.5, 0.6) is 0 Å². The predicted molar refractivity (Wildman–Crippen MR) is 96.6 cm³/mol. The second kappa shape index (κ2) is 6.75. The van der Waals surface area contributed by atoms with Crippen molar-refractivity contribution < 1.29 is 9.59 Å². The van der Waals surface area contributed by atoms with Crippen LogP contribution in [-0.2, 0) is 16.1 Å². The smallest absolute Gasteiger partial charge is 0.227 e. The van der Waals surface area contributed by atoms with E-state index in [1.165, 1.54) is 12.8 Å². The van der Waals surface area contributed by atoms with Gasteiger partial charge in [-0.15, -0.1) is 0 Å². The van der Waals surface area contributed by atoms with Crippen molar-refractivity contribution in [2.75, 3.05) is 4.90 Å². The van der Waals surface area contributed by atoms with Crippen LogP contribution in [0.2, 0.25) is 0 Å². The van der Waals surface area contributed by atoms with Crippen LogP contribution in [0.15, 0.2) is 42.6 Å². The van der Waals surface area contributed by atoms with Crippen molar-refractivity contribution in [2.24, 2.45) is 0 Å². The van der Waals surface area contributed by atoms with E-state index in [4.69, 9.17) is 0 Å². The van der Waals surface area contributed by atoms with Crippen LogP contribution in [0.3, 0.4) is 0 Å². The molecule has 25 heavy (non-hydrogen) atoms. The molecule has 0 spiro atoms. The minimum atomic E-state index is -0.00563. The van der Waals surface area contributed by atoms with Crippen LogP contribution in [0.4, 0.5) is 5.69 Å². The second-order valence-electron chi connectivity index (χ2n) is 6.89. The molecule has 1 aromatic carbocycles. The van der Waals surface area contributed by atoms with Gasteiger partial charge in [0.2, 0.25) is 11.8 Å². The maximum absolute atomic E-state index is 12.8. The van der Waals surface area contributed by atoms with Gasteiger partial charge in [0.1, 0.15) is 0 Å². The van der Waals surface area contributed by atoms with Gasteiger partial charge in [-0.05, 0) is 37.1 Å². The fourth-order valence-electron chi connectivity index (χ4n) is 3.87. The third kappa shape index (κ3) is 3.18. The summed E-state index contributed by atoms with van der Waals surface area (Å²) in [5.74, 6) is -0.00427. The Labute approximate surface area is 147 Å². The number of nitrogens with one attached hydrogen (secondary N) is 1. The first kappa shape index (κ1) is 15.9. The van der Waals surface area contributed by atoms with E-state index in [1.807, 2.05) is 42.6 Å². The molecule has 2 aromatic rings. The van der Waals surface area contributed by atoms with E-state index >= 15 is 0 Å². The molecule has 5 nitrogen and oxygen atoms in total. The topological polar surface area (TPSA) is 54.3 Å². The highest BCUT2D eigenvalue weighted by molar-refractivity contribution is 5.97. The quantitative estimate of drug-likeness (QED) is 0.932. The van der Waals surface area contributed by atoms with E-state index in [2.05, 4.69) is 9.88 Å². The number of amides is 2. The average molecular weight is 337 g/mol. The Balaban J connectivity index is 1.43. The maximum atomic E-state index is 12.8. The van der Waals surface area contributed by atoms with Crippen molar-refractivity contribution in [1.29, 1.82) is 0 Å². The molecular formula is C20H23N3O2. The summed E-state index contributed by atoms with van der Waals surface area (Å²) < 4.78 is 2.12. The molecule has 130 valence electrons. The number of rotatable bonds is 4. The summed E-state index contributed by atoms with van der Waals surface area (Å²) in [5, 5.41) is 3.05. The highest BCUT2D eigenvalue weighted by atomic mass is 16.2. The Kier molecular flexibility index (Phi) is 4.30. The Hall–Kier alpha value is -2.56. The lowest BCUT2D eigenvalue weighted by Crippen LogP contribution is -2.37. The first-order valence-electron chi connectivity index (χ1n) is 9.08. The lowest BCUT2D eigenvalue weighted by molar-refractivity contribution is -0.125. The molecule has 1 saturated carbocycles. The highest BCUT2D eigenvalue weighted by Crippen LogP contribution is 2.32. The summed E-state index contributed by atoms with van der Waals surface area (Å²) in [6, 6.07) is 12.2. The predicted octanol–water partition coefficient (Wildman–Crippen LogP) is 3.16. The average Bonchev–Trinajstić information content (AvgIpc) is 3.30. The van der Waals surface area contributed by atoms with Crippen molar-refractivity contribution in [3.05, 3.63) is 48.3 Å². The number of carbonyl (C=O) groups is 2. The lowest BCUT2D eigenvalue weighted by Gasteiger charge is -2.31. The Morgan fingerprint density at radius 2 is 1.76 bits per heavy atom. The van der Waals surface area contributed by atoms with Crippen LogP contribution in [0.25, 0.3) is 5.69 Å². The lowest BCUT2D eigenvalue weighted by atomic mass is 10.1. The molecule has 2 amide bonds. The van der Waals surface area contributed by atoms with Crippen LogP contribution < -0.4 is 10.2 Å². The molecule has 4 rings (SSSR count). The third-order valence-electron chi connectivity index (χ3n) is 5.17. The molecule has 1 aromatic heterocycles. The van der Waals surface area contributed by atoms with Crippen LogP contribution in [0, 0.1) is 0 Å². The zero-order valence-corrected chi connectivity index (χ0v) is 14.3. The van der Waals surface area contributed by atoms with E-state index in [0.29, 0.717) is 12.6 Å². The number of carbonyl (C=O) groups excluding carboxylic acids is 2. The standard InChI is InChI=1S/C20H23N3O2/c24-19(21-15-6-1-2-7-15)11-12-20(25)23-14-16-8-5-13-22(16)17-9-3-4-10-18(17)23/h3-5,8-10,13,15H,1-2,6-7,11-12,14H2,(H,21,24). The molecule has 0 radical (unpaired) electrons. The van der Waals surface area contributed by atoms with Gasteiger partial charge in [-0.2, -0.15) is 0 Å². The van der Waals surface area contributed by atoms with Crippen molar-refractivity contribution >= 4 is 17.5 Å². The zero-order chi connectivity index (χ0) is 17.2. The monoisotopic (exact) mass is 337 g/mol. The number of hydrogen-bond acceptors (Lipinski definition) is 2. The second-order valence-corrected chi connectivity index (χ2v) is 6.89. The molecule has 1 aliphatic heterocycles. The number of para-hydroxylation sites is 2. The van der Waals surface area contributed by atoms with Gasteiger partial charge in [-0.25, -0.2) is 0 Å². The zero-order valence-electron chi connectivity index (χ0n) is 14.3. The SMILES string of the molecule is O=C(CCC(=O)N1Cc2cccn2-c2ccccc21)NC1CCCC1. The van der Waals surface area contributed by atoms with E-state index in [9.17, 15) is 9.59 Å². The van der Waals surface area contributed by atoms with Gasteiger partial charge in [-0.3, -0.25) is 9.59 Å².